The number of ether oxygens (including phenoxy) is 1. The fourth-order valence-electron chi connectivity index (χ4n) is 4.17. The minimum atomic E-state index is -0.957. The second-order valence-electron chi connectivity index (χ2n) is 8.48. The topological polar surface area (TPSA) is 136 Å². The minimum absolute atomic E-state index is 0.0591. The summed E-state index contributed by atoms with van der Waals surface area (Å²) < 4.78 is 5.47. The molecule has 10 heteroatoms. The molecule has 0 bridgehead atoms. The second kappa shape index (κ2) is 10.8. The number of carbonyl (C=O) groups is 2. The molecule has 2 amide bonds. The molecule has 4 rings (SSSR count). The Labute approximate surface area is 201 Å². The zero-order chi connectivity index (χ0) is 24.1. The number of likely N-dealkylation sites (tertiary alicyclic amines) is 1. The quantitative estimate of drug-likeness (QED) is 0.557. The van der Waals surface area contributed by atoms with Crippen LogP contribution < -0.4 is 5.32 Å². The Morgan fingerprint density at radius 2 is 2.21 bits per heavy atom. The molecule has 0 spiro atoms. The maximum absolute atomic E-state index is 12.4. The Morgan fingerprint density at radius 3 is 2.94 bits per heavy atom. The largest absolute Gasteiger partial charge is 0.449 e. The molecular formula is C24H26N4O5S. The molecule has 0 radical (unpaired) electrons. The molecule has 178 valence electrons. The highest BCUT2D eigenvalue weighted by Crippen LogP contribution is 2.39. The van der Waals surface area contributed by atoms with Crippen LogP contribution in [0.2, 0.25) is 0 Å². The van der Waals surface area contributed by atoms with Gasteiger partial charge >= 0.3 is 6.09 Å². The van der Waals surface area contributed by atoms with Gasteiger partial charge in [-0.3, -0.25) is 9.78 Å². The molecule has 1 fully saturated rings. The molecule has 2 aliphatic rings. The van der Waals surface area contributed by atoms with Crippen LogP contribution >= 0.6 is 11.3 Å². The molecule has 2 aromatic heterocycles. The first-order chi connectivity index (χ1) is 16.4. The molecule has 3 heterocycles. The third kappa shape index (κ3) is 5.62. The van der Waals surface area contributed by atoms with Gasteiger partial charge in [0.2, 0.25) is 5.91 Å². The molecule has 3 N–H and O–H groups in total. The van der Waals surface area contributed by atoms with Crippen molar-refractivity contribution in [1.29, 1.82) is 5.26 Å². The van der Waals surface area contributed by atoms with E-state index < -0.39 is 18.3 Å². The molecule has 2 aromatic rings. The number of fused-ring (bicyclic) bond motifs is 1. The van der Waals surface area contributed by atoms with Crippen molar-refractivity contribution < 1.29 is 24.5 Å². The summed E-state index contributed by atoms with van der Waals surface area (Å²) in [7, 11) is 0. The Balaban J connectivity index is 1.34. The second-order valence-corrected chi connectivity index (χ2v) is 9.59. The van der Waals surface area contributed by atoms with Crippen molar-refractivity contribution in [1.82, 2.24) is 9.88 Å². The van der Waals surface area contributed by atoms with Crippen molar-refractivity contribution in [3.05, 3.63) is 52.2 Å². The normalized spacial score (nSPS) is 22.1. The molecular weight excluding hydrogens is 456 g/mol. The van der Waals surface area contributed by atoms with E-state index in [0.29, 0.717) is 36.4 Å². The lowest BCUT2D eigenvalue weighted by Crippen LogP contribution is -2.49. The minimum Gasteiger partial charge on any atom is -0.449 e. The van der Waals surface area contributed by atoms with Gasteiger partial charge in [0.15, 0.2) is 0 Å². The van der Waals surface area contributed by atoms with Gasteiger partial charge in [0.05, 0.1) is 30.9 Å². The van der Waals surface area contributed by atoms with Crippen LogP contribution in [0.15, 0.2) is 30.6 Å². The van der Waals surface area contributed by atoms with E-state index in [1.165, 1.54) is 22.3 Å². The number of thiophene rings is 1. The fourth-order valence-corrected chi connectivity index (χ4v) is 5.48. The number of nitriles is 1. The Hall–Kier alpha value is -3.26. The Bertz CT molecular complexity index is 1110. The first-order valence-corrected chi connectivity index (χ1v) is 12.0. The van der Waals surface area contributed by atoms with Crippen LogP contribution in [0.25, 0.3) is 6.08 Å². The van der Waals surface area contributed by atoms with Gasteiger partial charge in [-0.05, 0) is 54.9 Å². The summed E-state index contributed by atoms with van der Waals surface area (Å²) >= 11 is 1.39. The highest BCUT2D eigenvalue weighted by Gasteiger charge is 2.31. The molecule has 1 aliphatic carbocycles. The summed E-state index contributed by atoms with van der Waals surface area (Å²) in [5, 5.41) is 32.4. The number of aliphatic hydroxyl groups excluding tert-OH is 2. The number of rotatable bonds is 5. The number of pyridine rings is 1. The van der Waals surface area contributed by atoms with Crippen molar-refractivity contribution in [2.75, 3.05) is 25.0 Å². The van der Waals surface area contributed by atoms with Gasteiger partial charge in [0.25, 0.3) is 0 Å². The van der Waals surface area contributed by atoms with Crippen molar-refractivity contribution in [3.8, 4) is 6.07 Å². The van der Waals surface area contributed by atoms with Crippen LogP contribution in [0, 0.1) is 17.2 Å². The maximum atomic E-state index is 12.4. The highest BCUT2D eigenvalue weighted by molar-refractivity contribution is 7.16. The molecule has 0 saturated carbocycles. The lowest BCUT2D eigenvalue weighted by molar-refractivity contribution is -0.111. The number of carbonyl (C=O) groups excluding carboxylic acids is 2. The summed E-state index contributed by atoms with van der Waals surface area (Å²) in [5.41, 5.74) is 2.26. The number of β-amino-alcohol motifs (C(OH)–C–C–N with tert-alkyl or cyclic N) is 1. The van der Waals surface area contributed by atoms with Gasteiger partial charge in [-0.25, -0.2) is 4.79 Å². The van der Waals surface area contributed by atoms with E-state index in [9.17, 15) is 25.1 Å². The fraction of sp³-hybridized carbons (Fsp3) is 0.417. The number of aliphatic hydroxyl groups is 2. The smallest absolute Gasteiger partial charge is 0.409 e. The van der Waals surface area contributed by atoms with E-state index in [1.807, 2.05) is 6.07 Å². The number of hydrogen-bond acceptors (Lipinski definition) is 8. The van der Waals surface area contributed by atoms with E-state index in [1.54, 1.807) is 24.5 Å². The lowest BCUT2D eigenvalue weighted by atomic mass is 9.88. The molecule has 3 unspecified atom stereocenters. The SMILES string of the molecule is N#Cc1c(NC(=O)/C=C/c2cccnc2)sc2c1CCC(COC(=O)N1CCC(O)C(O)C1)C2. The molecule has 34 heavy (non-hydrogen) atoms. The van der Waals surface area contributed by atoms with Crippen LogP contribution in [0.3, 0.4) is 0 Å². The molecule has 9 nitrogen and oxygen atoms in total. The Morgan fingerprint density at radius 1 is 1.35 bits per heavy atom. The third-order valence-corrected chi connectivity index (χ3v) is 7.24. The molecule has 1 aliphatic heterocycles. The number of anilines is 1. The number of hydrogen-bond donors (Lipinski definition) is 3. The van der Waals surface area contributed by atoms with Crippen LogP contribution in [0.1, 0.15) is 34.4 Å². The monoisotopic (exact) mass is 482 g/mol. The van der Waals surface area contributed by atoms with E-state index in [-0.39, 0.29) is 25.0 Å². The van der Waals surface area contributed by atoms with Crippen molar-refractivity contribution >= 4 is 34.4 Å². The van der Waals surface area contributed by atoms with Crippen molar-refractivity contribution in [3.63, 3.8) is 0 Å². The zero-order valence-electron chi connectivity index (χ0n) is 18.5. The van der Waals surface area contributed by atoms with Gasteiger partial charge in [0, 0.05) is 29.9 Å². The Kier molecular flexibility index (Phi) is 7.57. The number of nitrogens with zero attached hydrogens (tertiary/aromatic N) is 3. The average Bonchev–Trinajstić information content (AvgIpc) is 3.19. The van der Waals surface area contributed by atoms with Gasteiger partial charge < -0.3 is 25.2 Å². The van der Waals surface area contributed by atoms with E-state index >= 15 is 0 Å². The number of aromatic nitrogens is 1. The maximum Gasteiger partial charge on any atom is 0.409 e. The van der Waals surface area contributed by atoms with Crippen LogP contribution in [0.5, 0.6) is 0 Å². The summed E-state index contributed by atoms with van der Waals surface area (Å²) in [5.74, 6) is -0.214. The summed E-state index contributed by atoms with van der Waals surface area (Å²) in [4.78, 5) is 31.2. The third-order valence-electron chi connectivity index (χ3n) is 6.07. The van der Waals surface area contributed by atoms with E-state index in [2.05, 4.69) is 16.4 Å². The molecule has 0 aromatic carbocycles. The zero-order valence-corrected chi connectivity index (χ0v) is 19.3. The lowest BCUT2D eigenvalue weighted by Gasteiger charge is -2.33. The average molecular weight is 483 g/mol. The predicted molar refractivity (Wildman–Crippen MR) is 126 cm³/mol. The van der Waals surface area contributed by atoms with E-state index in [0.717, 1.165) is 22.4 Å². The van der Waals surface area contributed by atoms with Gasteiger partial charge in [-0.1, -0.05) is 6.07 Å². The summed E-state index contributed by atoms with van der Waals surface area (Å²) in [6.07, 6.45) is 6.54. The van der Waals surface area contributed by atoms with Crippen molar-refractivity contribution in [2.24, 2.45) is 5.92 Å². The predicted octanol–water partition coefficient (Wildman–Crippen LogP) is 2.34. The highest BCUT2D eigenvalue weighted by atomic mass is 32.1. The van der Waals surface area contributed by atoms with Gasteiger partial charge in [-0.15, -0.1) is 11.3 Å². The van der Waals surface area contributed by atoms with Crippen molar-refractivity contribution in [2.45, 2.75) is 37.9 Å². The summed E-state index contributed by atoms with van der Waals surface area (Å²) in [6.45, 7) is 0.646. The molecule has 1 saturated heterocycles. The van der Waals surface area contributed by atoms with Crippen LogP contribution in [0.4, 0.5) is 9.80 Å². The standard InChI is InChI=1S/C24H26N4O5S/c25-11-18-17-5-3-16(14-33-24(32)28-9-7-19(29)20(30)13-28)10-21(17)34-23(18)27-22(31)6-4-15-2-1-8-26-12-15/h1-2,4,6,8,12,16,19-20,29-30H,3,5,7,9-10,13-14H2,(H,27,31)/b6-4+. The summed E-state index contributed by atoms with van der Waals surface area (Å²) in [6, 6.07) is 5.85. The van der Waals surface area contributed by atoms with Crippen LogP contribution in [-0.2, 0) is 22.4 Å². The molecule has 3 atom stereocenters. The first kappa shape index (κ1) is 23.9. The van der Waals surface area contributed by atoms with Gasteiger partial charge in [0.1, 0.15) is 11.1 Å². The first-order valence-electron chi connectivity index (χ1n) is 11.2. The van der Waals surface area contributed by atoms with Gasteiger partial charge in [-0.2, -0.15) is 5.26 Å². The number of nitrogens with one attached hydrogen (secondary N) is 1. The number of amides is 2. The van der Waals surface area contributed by atoms with E-state index in [4.69, 9.17) is 4.74 Å². The van der Waals surface area contributed by atoms with Crippen LogP contribution in [-0.4, -0.2) is 64.0 Å². The number of piperidine rings is 1.